The lowest BCUT2D eigenvalue weighted by Gasteiger charge is -2.30. The lowest BCUT2D eigenvalue weighted by atomic mass is 9.97. The number of amides is 1. The Morgan fingerprint density at radius 1 is 1.10 bits per heavy atom. The summed E-state index contributed by atoms with van der Waals surface area (Å²) in [5.41, 5.74) is 0.973. The first-order valence-corrected chi connectivity index (χ1v) is 11.4. The van der Waals surface area contributed by atoms with Crippen molar-refractivity contribution in [2.75, 3.05) is 13.1 Å². The molecular weight excluding hydrogens is 388 g/mol. The van der Waals surface area contributed by atoms with E-state index in [0.717, 1.165) is 11.3 Å². The molecule has 1 saturated heterocycles. The van der Waals surface area contributed by atoms with Crippen molar-refractivity contribution in [2.24, 2.45) is 5.92 Å². The van der Waals surface area contributed by atoms with Gasteiger partial charge in [-0.15, -0.1) is 0 Å². The van der Waals surface area contributed by atoms with Crippen LogP contribution in [0.15, 0.2) is 59.5 Å². The minimum atomic E-state index is -3.49. The fourth-order valence-electron chi connectivity index (χ4n) is 3.43. The van der Waals surface area contributed by atoms with Gasteiger partial charge in [0.05, 0.1) is 11.0 Å². The lowest BCUT2D eigenvalue weighted by Crippen LogP contribution is -2.42. The van der Waals surface area contributed by atoms with Crippen LogP contribution >= 0.6 is 0 Å². The number of rotatable bonds is 7. The van der Waals surface area contributed by atoms with Crippen LogP contribution in [0.25, 0.3) is 0 Å². The summed E-state index contributed by atoms with van der Waals surface area (Å²) < 4.78 is 32.5. The molecule has 1 N–H and O–H groups in total. The van der Waals surface area contributed by atoms with Gasteiger partial charge in [-0.05, 0) is 56.5 Å². The molecule has 1 heterocycles. The molecular formula is C22H28N2O4S. The van der Waals surface area contributed by atoms with Gasteiger partial charge in [0.1, 0.15) is 5.75 Å². The van der Waals surface area contributed by atoms with Crippen LogP contribution in [0.5, 0.6) is 5.75 Å². The van der Waals surface area contributed by atoms with E-state index in [0.29, 0.717) is 37.4 Å². The Morgan fingerprint density at radius 2 is 1.79 bits per heavy atom. The number of nitrogens with zero attached hydrogens (tertiary/aromatic N) is 1. The number of benzene rings is 2. The van der Waals surface area contributed by atoms with Crippen LogP contribution in [0.3, 0.4) is 0 Å². The van der Waals surface area contributed by atoms with Gasteiger partial charge in [-0.3, -0.25) is 4.79 Å². The average Bonchev–Trinajstić information content (AvgIpc) is 2.72. The highest BCUT2D eigenvalue weighted by Crippen LogP contribution is 2.24. The molecule has 0 saturated carbocycles. The number of carbonyl (C=O) groups excluding carboxylic acids is 1. The molecule has 0 bridgehead atoms. The Balaban J connectivity index is 1.52. The molecule has 156 valence electrons. The summed E-state index contributed by atoms with van der Waals surface area (Å²) in [6.45, 7) is 5.08. The second-order valence-electron chi connectivity index (χ2n) is 7.52. The third-order valence-corrected chi connectivity index (χ3v) is 6.86. The molecule has 2 aromatic carbocycles. The highest BCUT2D eigenvalue weighted by Gasteiger charge is 2.31. The molecule has 0 aliphatic carbocycles. The molecule has 0 spiro atoms. The molecule has 0 atom stereocenters. The molecule has 2 aromatic rings. The molecule has 6 nitrogen and oxygen atoms in total. The normalized spacial score (nSPS) is 16.0. The Morgan fingerprint density at radius 3 is 2.45 bits per heavy atom. The topological polar surface area (TPSA) is 75.7 Å². The van der Waals surface area contributed by atoms with Gasteiger partial charge in [-0.1, -0.05) is 30.3 Å². The highest BCUT2D eigenvalue weighted by atomic mass is 32.2. The van der Waals surface area contributed by atoms with Crippen molar-refractivity contribution in [3.8, 4) is 5.75 Å². The van der Waals surface area contributed by atoms with Crippen LogP contribution in [0.1, 0.15) is 32.3 Å². The monoisotopic (exact) mass is 416 g/mol. The van der Waals surface area contributed by atoms with Gasteiger partial charge in [-0.25, -0.2) is 8.42 Å². The predicted octanol–water partition coefficient (Wildman–Crippen LogP) is 3.19. The lowest BCUT2D eigenvalue weighted by molar-refractivity contribution is -0.126. The number of sulfonamides is 1. The van der Waals surface area contributed by atoms with E-state index in [9.17, 15) is 13.2 Å². The van der Waals surface area contributed by atoms with Crippen molar-refractivity contribution >= 4 is 15.9 Å². The van der Waals surface area contributed by atoms with Gasteiger partial charge >= 0.3 is 0 Å². The molecule has 1 amide bonds. The summed E-state index contributed by atoms with van der Waals surface area (Å²) in [5, 5.41) is 2.97. The maximum absolute atomic E-state index is 12.7. The van der Waals surface area contributed by atoms with Crippen molar-refractivity contribution in [3.05, 3.63) is 60.2 Å². The van der Waals surface area contributed by atoms with Crippen molar-refractivity contribution in [1.82, 2.24) is 9.62 Å². The first-order chi connectivity index (χ1) is 13.9. The molecule has 0 unspecified atom stereocenters. The zero-order chi connectivity index (χ0) is 20.9. The van der Waals surface area contributed by atoms with E-state index in [2.05, 4.69) is 5.32 Å². The summed E-state index contributed by atoms with van der Waals surface area (Å²) >= 11 is 0. The zero-order valence-corrected chi connectivity index (χ0v) is 17.7. The van der Waals surface area contributed by atoms with Crippen LogP contribution in [0.4, 0.5) is 0 Å². The highest BCUT2D eigenvalue weighted by molar-refractivity contribution is 7.89. The number of nitrogens with one attached hydrogen (secondary N) is 1. The Hall–Kier alpha value is -2.38. The van der Waals surface area contributed by atoms with Crippen LogP contribution < -0.4 is 10.1 Å². The molecule has 0 radical (unpaired) electrons. The third kappa shape index (κ3) is 5.58. The molecule has 7 heteroatoms. The number of hydrogen-bond donors (Lipinski definition) is 1. The van der Waals surface area contributed by atoms with Gasteiger partial charge in [-0.2, -0.15) is 4.31 Å². The van der Waals surface area contributed by atoms with E-state index in [1.54, 1.807) is 30.3 Å². The summed E-state index contributed by atoms with van der Waals surface area (Å²) in [7, 11) is -3.49. The van der Waals surface area contributed by atoms with Crippen molar-refractivity contribution in [2.45, 2.75) is 44.2 Å². The minimum absolute atomic E-state index is 0.0306. The number of ether oxygens (including phenoxy) is 1. The number of hydrogen-bond acceptors (Lipinski definition) is 4. The van der Waals surface area contributed by atoms with E-state index in [1.165, 1.54) is 4.31 Å². The average molecular weight is 417 g/mol. The van der Waals surface area contributed by atoms with Crippen LogP contribution in [0.2, 0.25) is 0 Å². The van der Waals surface area contributed by atoms with Gasteiger partial charge in [0.25, 0.3) is 0 Å². The Labute approximate surface area is 172 Å². The van der Waals surface area contributed by atoms with E-state index in [1.807, 2.05) is 38.1 Å². The molecule has 3 rings (SSSR count). The summed E-state index contributed by atoms with van der Waals surface area (Å²) in [4.78, 5) is 12.8. The van der Waals surface area contributed by atoms with Gasteiger partial charge in [0, 0.05) is 25.6 Å². The van der Waals surface area contributed by atoms with Gasteiger partial charge in [0.15, 0.2) is 0 Å². The van der Waals surface area contributed by atoms with Crippen LogP contribution in [0, 0.1) is 5.92 Å². The summed E-state index contributed by atoms with van der Waals surface area (Å²) in [5.74, 6) is 0.579. The largest absolute Gasteiger partial charge is 0.491 e. The third-order valence-electron chi connectivity index (χ3n) is 4.94. The van der Waals surface area contributed by atoms with E-state index in [-0.39, 0.29) is 17.9 Å². The molecule has 1 aliphatic heterocycles. The first kappa shape index (κ1) is 21.3. The standard InChI is InChI=1S/C22H28N2O4S/c1-17(2)28-20-8-6-7-18(15-20)16-23-22(25)19-11-13-24(14-12-19)29(26,27)21-9-4-3-5-10-21/h3-10,15,17,19H,11-14,16H2,1-2H3,(H,23,25). The molecule has 1 aliphatic rings. The van der Waals surface area contributed by atoms with Crippen LogP contribution in [-0.4, -0.2) is 37.8 Å². The fourth-order valence-corrected chi connectivity index (χ4v) is 4.93. The quantitative estimate of drug-likeness (QED) is 0.752. The maximum Gasteiger partial charge on any atom is 0.243 e. The minimum Gasteiger partial charge on any atom is -0.491 e. The van der Waals surface area contributed by atoms with Crippen molar-refractivity contribution < 1.29 is 17.9 Å². The van der Waals surface area contributed by atoms with E-state index < -0.39 is 10.0 Å². The number of carbonyl (C=O) groups is 1. The van der Waals surface area contributed by atoms with Crippen molar-refractivity contribution in [3.63, 3.8) is 0 Å². The Bertz CT molecular complexity index is 921. The second-order valence-corrected chi connectivity index (χ2v) is 9.46. The predicted molar refractivity (Wildman–Crippen MR) is 112 cm³/mol. The van der Waals surface area contributed by atoms with E-state index in [4.69, 9.17) is 4.74 Å². The van der Waals surface area contributed by atoms with Crippen molar-refractivity contribution in [1.29, 1.82) is 0 Å². The SMILES string of the molecule is CC(C)Oc1cccc(CNC(=O)C2CCN(S(=O)(=O)c3ccccc3)CC2)c1. The molecule has 29 heavy (non-hydrogen) atoms. The fraction of sp³-hybridized carbons (Fsp3) is 0.409. The summed E-state index contributed by atoms with van der Waals surface area (Å²) in [6, 6.07) is 16.1. The summed E-state index contributed by atoms with van der Waals surface area (Å²) in [6.07, 6.45) is 1.14. The number of piperidine rings is 1. The smallest absolute Gasteiger partial charge is 0.243 e. The second kappa shape index (κ2) is 9.41. The molecule has 1 fully saturated rings. The van der Waals surface area contributed by atoms with Gasteiger partial charge < -0.3 is 10.1 Å². The first-order valence-electron chi connectivity index (χ1n) is 9.95. The molecule has 0 aromatic heterocycles. The maximum atomic E-state index is 12.7. The zero-order valence-electron chi connectivity index (χ0n) is 16.9. The van der Waals surface area contributed by atoms with Gasteiger partial charge in [0.2, 0.25) is 15.9 Å². The Kier molecular flexibility index (Phi) is 6.92. The van der Waals surface area contributed by atoms with E-state index >= 15 is 0 Å². The van der Waals surface area contributed by atoms with Crippen LogP contribution in [-0.2, 0) is 21.4 Å².